The molecule has 0 spiro atoms. The van der Waals surface area contributed by atoms with E-state index in [1.807, 2.05) is 55.5 Å². The zero-order valence-electron chi connectivity index (χ0n) is 23.3. The van der Waals surface area contributed by atoms with Gasteiger partial charge in [-0.3, -0.25) is 9.59 Å². The minimum atomic E-state index is -0.0609. The maximum absolute atomic E-state index is 11.6. The number of hydrogen-bond acceptors (Lipinski definition) is 9. The number of amidine groups is 1. The first-order chi connectivity index (χ1) is 19.1. The van der Waals surface area contributed by atoms with Gasteiger partial charge in [0.15, 0.2) is 23.1 Å². The number of aryl methyl sites for hydroxylation is 4. The van der Waals surface area contributed by atoms with Gasteiger partial charge in [-0.25, -0.2) is 15.9 Å². The number of hydrogen-bond donors (Lipinski definition) is 4. The standard InChI is InChI=1S/C13H17N5O2.C13H14N4O.H3NO/c1-4-18-6-9(5-10(18)8(2)19)12-11(13(14)16-20)15-7-17(12)3;1-4-17-7-10(5-12(17)9(2)18)13-11(6-14)15-8-16(13)3;1-2/h5-7,20H,4H2,1-3H3,(H2,14,16);5,7-8H,4H2,1-3H3;2H,1H2. The topological polar surface area (TPSA) is 208 Å². The Hall–Kier alpha value is -5.00. The van der Waals surface area contributed by atoms with Crippen LogP contribution in [0.1, 0.15) is 60.1 Å². The number of carbonyl (C=O) groups is 2. The van der Waals surface area contributed by atoms with Gasteiger partial charge < -0.3 is 34.4 Å². The normalized spacial score (nSPS) is 10.7. The summed E-state index contributed by atoms with van der Waals surface area (Å²) in [7, 11) is 3.65. The van der Waals surface area contributed by atoms with Gasteiger partial charge >= 0.3 is 0 Å². The summed E-state index contributed by atoms with van der Waals surface area (Å²) in [5, 5.41) is 27.3. The number of nitriles is 1. The summed E-state index contributed by atoms with van der Waals surface area (Å²) in [6.07, 6.45) is 6.93. The summed E-state index contributed by atoms with van der Waals surface area (Å²) >= 11 is 0. The Labute approximate surface area is 231 Å². The number of nitrogens with two attached hydrogens (primary N) is 2. The molecule has 0 unspecified atom stereocenters. The lowest BCUT2D eigenvalue weighted by molar-refractivity contribution is 0.0996. The largest absolute Gasteiger partial charge is 0.409 e. The molecule has 0 radical (unpaired) electrons. The monoisotopic (exact) mass is 550 g/mol. The van der Waals surface area contributed by atoms with Crippen molar-refractivity contribution in [2.75, 3.05) is 0 Å². The van der Waals surface area contributed by atoms with E-state index in [0.717, 1.165) is 16.8 Å². The van der Waals surface area contributed by atoms with Gasteiger partial charge in [0.2, 0.25) is 0 Å². The third-order valence-corrected chi connectivity index (χ3v) is 6.07. The van der Waals surface area contributed by atoms with Crippen LogP contribution in [0.3, 0.4) is 0 Å². The average molecular weight is 551 g/mol. The molecule has 14 heteroatoms. The summed E-state index contributed by atoms with van der Waals surface area (Å²) in [5.41, 5.74) is 10.8. The number of nitrogens with zero attached hydrogens (tertiary/aromatic N) is 8. The molecule has 0 saturated carbocycles. The van der Waals surface area contributed by atoms with E-state index in [4.69, 9.17) is 21.4 Å². The molecule has 4 aromatic heterocycles. The third kappa shape index (κ3) is 6.34. The zero-order valence-corrected chi connectivity index (χ0v) is 23.3. The summed E-state index contributed by atoms with van der Waals surface area (Å²) < 4.78 is 7.30. The highest BCUT2D eigenvalue weighted by molar-refractivity contribution is 6.01. The van der Waals surface area contributed by atoms with Crippen molar-refractivity contribution in [2.45, 2.75) is 40.8 Å². The van der Waals surface area contributed by atoms with Crippen molar-refractivity contribution in [3.05, 3.63) is 60.0 Å². The molecule has 0 aliphatic rings. The van der Waals surface area contributed by atoms with Gasteiger partial charge in [-0.1, -0.05) is 5.16 Å². The van der Waals surface area contributed by atoms with Gasteiger partial charge in [0.1, 0.15) is 11.8 Å². The average Bonchev–Trinajstić information content (AvgIpc) is 3.73. The third-order valence-electron chi connectivity index (χ3n) is 6.07. The van der Waals surface area contributed by atoms with E-state index < -0.39 is 0 Å². The van der Waals surface area contributed by atoms with Crippen LogP contribution in [0.2, 0.25) is 0 Å². The van der Waals surface area contributed by atoms with Crippen LogP contribution in [0.15, 0.2) is 42.3 Å². The molecule has 4 heterocycles. The molecule has 0 fully saturated rings. The van der Waals surface area contributed by atoms with Crippen LogP contribution < -0.4 is 11.6 Å². The van der Waals surface area contributed by atoms with E-state index >= 15 is 0 Å². The molecule has 40 heavy (non-hydrogen) atoms. The van der Waals surface area contributed by atoms with Crippen molar-refractivity contribution >= 4 is 17.4 Å². The van der Waals surface area contributed by atoms with Gasteiger partial charge in [0.05, 0.1) is 35.4 Å². The Bertz CT molecular complexity index is 1560. The van der Waals surface area contributed by atoms with Crippen molar-refractivity contribution < 1.29 is 20.0 Å². The number of ketones is 2. The minimum absolute atomic E-state index is 0.00869. The predicted octanol–water partition coefficient (Wildman–Crippen LogP) is 2.52. The van der Waals surface area contributed by atoms with E-state index in [2.05, 4.69) is 27.1 Å². The first-order valence-electron chi connectivity index (χ1n) is 12.2. The Morgan fingerprint density at radius 1 is 0.925 bits per heavy atom. The van der Waals surface area contributed by atoms with Gasteiger partial charge in [-0.05, 0) is 26.0 Å². The second-order valence-corrected chi connectivity index (χ2v) is 8.61. The number of aromatic nitrogens is 6. The molecule has 0 amide bonds. The van der Waals surface area contributed by atoms with Crippen molar-refractivity contribution in [3.63, 3.8) is 0 Å². The van der Waals surface area contributed by atoms with Crippen LogP contribution in [0.5, 0.6) is 0 Å². The van der Waals surface area contributed by atoms with Gasteiger partial charge in [-0.2, -0.15) is 5.26 Å². The van der Waals surface area contributed by atoms with Crippen LogP contribution in [0.4, 0.5) is 0 Å². The highest BCUT2D eigenvalue weighted by Gasteiger charge is 2.19. The first kappa shape index (κ1) is 31.2. The van der Waals surface area contributed by atoms with Crippen molar-refractivity contribution in [1.29, 1.82) is 5.26 Å². The lowest BCUT2D eigenvalue weighted by Gasteiger charge is -2.03. The quantitative estimate of drug-likeness (QED) is 0.0874. The molecule has 4 rings (SSSR count). The summed E-state index contributed by atoms with van der Waals surface area (Å²) in [4.78, 5) is 31.3. The molecule has 0 bridgehead atoms. The Morgan fingerprint density at radius 2 is 1.38 bits per heavy atom. The SMILES string of the molecule is CCn1cc(-c2c(C#N)ncn2C)cc1C(C)=O.CCn1cc(-c2c(C(N)=NO)ncn2C)cc1C(C)=O.NO. The zero-order chi connectivity index (χ0) is 30.1. The summed E-state index contributed by atoms with van der Waals surface area (Å²) in [6.45, 7) is 8.41. The maximum Gasteiger partial charge on any atom is 0.190 e. The van der Waals surface area contributed by atoms with Crippen LogP contribution in [0, 0.1) is 11.3 Å². The molecule has 0 aliphatic heterocycles. The molecular weight excluding hydrogens is 516 g/mol. The van der Waals surface area contributed by atoms with E-state index in [1.165, 1.54) is 6.92 Å². The fourth-order valence-electron chi connectivity index (χ4n) is 4.26. The van der Waals surface area contributed by atoms with Gasteiger partial charge in [0.25, 0.3) is 0 Å². The molecule has 0 aliphatic carbocycles. The van der Waals surface area contributed by atoms with Crippen LogP contribution >= 0.6 is 0 Å². The van der Waals surface area contributed by atoms with E-state index in [1.54, 1.807) is 34.8 Å². The van der Waals surface area contributed by atoms with Gasteiger partial charge in [-0.15, -0.1) is 0 Å². The lowest BCUT2D eigenvalue weighted by atomic mass is 10.1. The molecule has 14 nitrogen and oxygen atoms in total. The van der Waals surface area contributed by atoms with E-state index in [-0.39, 0.29) is 17.4 Å². The van der Waals surface area contributed by atoms with Crippen molar-refractivity contribution in [1.82, 2.24) is 28.2 Å². The van der Waals surface area contributed by atoms with E-state index in [0.29, 0.717) is 41.6 Å². The number of Topliss-reactive ketones (excluding diaryl/α,β-unsaturated/α-hetero) is 2. The summed E-state index contributed by atoms with van der Waals surface area (Å²) in [6, 6.07) is 5.66. The van der Waals surface area contributed by atoms with Crippen LogP contribution in [-0.2, 0) is 27.2 Å². The van der Waals surface area contributed by atoms with Crippen molar-refractivity contribution in [2.24, 2.45) is 30.9 Å². The maximum atomic E-state index is 11.6. The fourth-order valence-corrected chi connectivity index (χ4v) is 4.26. The predicted molar refractivity (Wildman–Crippen MR) is 148 cm³/mol. The number of oxime groups is 1. The molecule has 212 valence electrons. The first-order valence-corrected chi connectivity index (χ1v) is 12.2. The smallest absolute Gasteiger partial charge is 0.190 e. The lowest BCUT2D eigenvalue weighted by Crippen LogP contribution is -2.15. The molecule has 4 aromatic rings. The molecule has 0 aromatic carbocycles. The minimum Gasteiger partial charge on any atom is -0.409 e. The molecule has 0 atom stereocenters. The Morgan fingerprint density at radius 3 is 1.77 bits per heavy atom. The highest BCUT2D eigenvalue weighted by Crippen LogP contribution is 2.26. The summed E-state index contributed by atoms with van der Waals surface area (Å²) in [5.74, 6) is 3.45. The fraction of sp³-hybridized carbons (Fsp3) is 0.308. The molecule has 6 N–H and O–H groups in total. The second kappa shape index (κ2) is 13.7. The van der Waals surface area contributed by atoms with E-state index in [9.17, 15) is 9.59 Å². The Kier molecular flexibility index (Phi) is 10.7. The van der Waals surface area contributed by atoms with Crippen molar-refractivity contribution in [3.8, 4) is 28.6 Å². The van der Waals surface area contributed by atoms with Gasteiger partial charge in [0, 0.05) is 64.6 Å². The molecule has 0 saturated heterocycles. The number of rotatable bonds is 7. The number of carbonyl (C=O) groups excluding carboxylic acids is 2. The number of imidazole rings is 2. The van der Waals surface area contributed by atoms with Crippen LogP contribution in [0.25, 0.3) is 22.5 Å². The Balaban J connectivity index is 0.000000265. The molecular formula is C26H34N10O4. The second-order valence-electron chi connectivity index (χ2n) is 8.61. The van der Waals surface area contributed by atoms with Crippen LogP contribution in [-0.4, -0.2) is 56.1 Å². The highest BCUT2D eigenvalue weighted by atomic mass is 16.4.